The Morgan fingerprint density at radius 3 is 2.72 bits per heavy atom. The van der Waals surface area contributed by atoms with E-state index in [0.29, 0.717) is 18.0 Å². The molecule has 0 saturated carbocycles. The summed E-state index contributed by atoms with van der Waals surface area (Å²) in [5.74, 6) is 1.28. The number of rotatable bonds is 5. The van der Waals surface area contributed by atoms with Crippen LogP contribution in [0.2, 0.25) is 0 Å². The van der Waals surface area contributed by atoms with Crippen molar-refractivity contribution in [2.24, 2.45) is 0 Å². The largest absolute Gasteiger partial charge is 0.493 e. The van der Waals surface area contributed by atoms with Gasteiger partial charge in [-0.15, -0.1) is 12.4 Å². The number of carbonyl (C=O) groups excluding carboxylic acids is 1. The van der Waals surface area contributed by atoms with E-state index in [-0.39, 0.29) is 18.3 Å². The van der Waals surface area contributed by atoms with Crippen molar-refractivity contribution in [3.05, 3.63) is 53.1 Å². The average Bonchev–Trinajstić information content (AvgIpc) is 2.65. The van der Waals surface area contributed by atoms with Crippen LogP contribution in [0.1, 0.15) is 27.9 Å². The van der Waals surface area contributed by atoms with Gasteiger partial charge < -0.3 is 20.1 Å². The first-order valence-corrected chi connectivity index (χ1v) is 8.08. The highest BCUT2D eigenvalue weighted by Crippen LogP contribution is 2.28. The molecule has 2 aromatic rings. The van der Waals surface area contributed by atoms with Gasteiger partial charge in [-0.1, -0.05) is 12.1 Å². The van der Waals surface area contributed by atoms with Crippen LogP contribution in [0.4, 0.5) is 5.69 Å². The number of amides is 1. The molecule has 0 spiro atoms. The van der Waals surface area contributed by atoms with Gasteiger partial charge in [-0.25, -0.2) is 0 Å². The molecule has 0 fully saturated rings. The van der Waals surface area contributed by atoms with Crippen molar-refractivity contribution in [2.45, 2.75) is 19.4 Å². The van der Waals surface area contributed by atoms with Crippen LogP contribution in [0.15, 0.2) is 36.4 Å². The number of fused-ring (bicyclic) bond motifs is 1. The Hall–Kier alpha value is -2.40. The fraction of sp³-hybridized carbons (Fsp3) is 0.316. The molecule has 134 valence electrons. The maximum absolute atomic E-state index is 12.6. The summed E-state index contributed by atoms with van der Waals surface area (Å²) in [4.78, 5) is 12.6. The summed E-state index contributed by atoms with van der Waals surface area (Å²) >= 11 is 0. The van der Waals surface area contributed by atoms with Gasteiger partial charge in [0.05, 0.1) is 14.2 Å². The first-order chi connectivity index (χ1) is 11.7. The minimum atomic E-state index is -0.0506. The van der Waals surface area contributed by atoms with Crippen molar-refractivity contribution in [1.82, 2.24) is 5.32 Å². The Kier molecular flexibility index (Phi) is 6.53. The van der Waals surface area contributed by atoms with Crippen LogP contribution in [-0.4, -0.2) is 26.7 Å². The molecule has 0 aromatic heterocycles. The predicted octanol–water partition coefficient (Wildman–Crippen LogP) is 3.41. The Bertz CT molecular complexity index is 749. The number of hydrogen-bond acceptors (Lipinski definition) is 4. The average molecular weight is 363 g/mol. The molecule has 0 saturated heterocycles. The summed E-state index contributed by atoms with van der Waals surface area (Å²) in [6.45, 7) is 1.40. The first-order valence-electron chi connectivity index (χ1n) is 8.08. The molecular formula is C19H23ClN2O3. The minimum Gasteiger partial charge on any atom is -0.493 e. The van der Waals surface area contributed by atoms with Crippen LogP contribution in [0.3, 0.4) is 0 Å². The summed E-state index contributed by atoms with van der Waals surface area (Å²) in [7, 11) is 3.20. The summed E-state index contributed by atoms with van der Waals surface area (Å²) in [5, 5.41) is 6.34. The lowest BCUT2D eigenvalue weighted by Crippen LogP contribution is -2.25. The number of halogens is 1. The summed E-state index contributed by atoms with van der Waals surface area (Å²) in [6.07, 6.45) is 1.98. The van der Waals surface area contributed by atoms with E-state index in [2.05, 4.69) is 10.6 Å². The highest BCUT2D eigenvalue weighted by molar-refractivity contribution is 5.97. The summed E-state index contributed by atoms with van der Waals surface area (Å²) in [5.41, 5.74) is 3.89. The number of methoxy groups -OCH3 is 2. The SMILES string of the molecule is COc1ccc(CNC(=O)c2cccc3c2CCCN3)cc1OC.Cl. The first kappa shape index (κ1) is 18.9. The molecule has 2 aromatic carbocycles. The van der Waals surface area contributed by atoms with E-state index in [1.807, 2.05) is 36.4 Å². The molecule has 2 N–H and O–H groups in total. The normalized spacial score (nSPS) is 12.2. The maximum Gasteiger partial charge on any atom is 0.251 e. The van der Waals surface area contributed by atoms with Crippen LogP contribution in [0.25, 0.3) is 0 Å². The maximum atomic E-state index is 12.6. The van der Waals surface area contributed by atoms with Gasteiger partial charge in [0, 0.05) is 24.3 Å². The Morgan fingerprint density at radius 1 is 1.16 bits per heavy atom. The third-order valence-corrected chi connectivity index (χ3v) is 4.24. The minimum absolute atomic E-state index is 0. The predicted molar refractivity (Wildman–Crippen MR) is 101 cm³/mol. The zero-order valence-electron chi connectivity index (χ0n) is 14.4. The van der Waals surface area contributed by atoms with E-state index in [1.165, 1.54) is 0 Å². The number of ether oxygens (including phenoxy) is 2. The number of hydrogen-bond donors (Lipinski definition) is 2. The molecule has 0 radical (unpaired) electrons. The monoisotopic (exact) mass is 362 g/mol. The van der Waals surface area contributed by atoms with Crippen molar-refractivity contribution in [3.63, 3.8) is 0 Å². The topological polar surface area (TPSA) is 59.6 Å². The Balaban J connectivity index is 0.00000225. The highest BCUT2D eigenvalue weighted by atomic mass is 35.5. The molecule has 0 bridgehead atoms. The molecule has 1 heterocycles. The van der Waals surface area contributed by atoms with Crippen molar-refractivity contribution in [2.75, 3.05) is 26.1 Å². The van der Waals surface area contributed by atoms with Gasteiger partial charge in [-0.2, -0.15) is 0 Å². The molecule has 1 aliphatic rings. The third-order valence-electron chi connectivity index (χ3n) is 4.24. The van der Waals surface area contributed by atoms with Gasteiger partial charge >= 0.3 is 0 Å². The smallest absolute Gasteiger partial charge is 0.251 e. The summed E-state index contributed by atoms with van der Waals surface area (Å²) in [6, 6.07) is 11.5. The molecule has 0 unspecified atom stereocenters. The number of nitrogens with one attached hydrogen (secondary N) is 2. The van der Waals surface area contributed by atoms with Crippen LogP contribution < -0.4 is 20.1 Å². The highest BCUT2D eigenvalue weighted by Gasteiger charge is 2.17. The molecule has 0 atom stereocenters. The van der Waals surface area contributed by atoms with E-state index < -0.39 is 0 Å². The lowest BCUT2D eigenvalue weighted by Gasteiger charge is -2.20. The molecule has 5 nitrogen and oxygen atoms in total. The molecule has 1 amide bonds. The number of benzene rings is 2. The van der Waals surface area contributed by atoms with Crippen LogP contribution in [0.5, 0.6) is 11.5 Å². The Labute approximate surface area is 154 Å². The van der Waals surface area contributed by atoms with E-state index in [9.17, 15) is 4.79 Å². The van der Waals surface area contributed by atoms with Gasteiger partial charge in [0.2, 0.25) is 0 Å². The molecule has 6 heteroatoms. The van der Waals surface area contributed by atoms with Crippen LogP contribution in [-0.2, 0) is 13.0 Å². The van der Waals surface area contributed by atoms with Gasteiger partial charge in [-0.3, -0.25) is 4.79 Å². The van der Waals surface area contributed by atoms with E-state index in [0.717, 1.165) is 41.8 Å². The zero-order chi connectivity index (χ0) is 16.9. The molecular weight excluding hydrogens is 340 g/mol. The van der Waals surface area contributed by atoms with Crippen molar-refractivity contribution in [1.29, 1.82) is 0 Å². The van der Waals surface area contributed by atoms with Crippen molar-refractivity contribution >= 4 is 24.0 Å². The second-order valence-corrected chi connectivity index (χ2v) is 5.73. The van der Waals surface area contributed by atoms with Crippen molar-refractivity contribution < 1.29 is 14.3 Å². The van der Waals surface area contributed by atoms with Crippen LogP contribution in [0, 0.1) is 0 Å². The second kappa shape index (κ2) is 8.62. The van der Waals surface area contributed by atoms with E-state index >= 15 is 0 Å². The fourth-order valence-electron chi connectivity index (χ4n) is 2.99. The van der Waals surface area contributed by atoms with E-state index in [4.69, 9.17) is 9.47 Å². The quantitative estimate of drug-likeness (QED) is 0.855. The lowest BCUT2D eigenvalue weighted by molar-refractivity contribution is 0.0950. The third kappa shape index (κ3) is 4.17. The van der Waals surface area contributed by atoms with Gasteiger partial charge in [0.15, 0.2) is 11.5 Å². The number of carbonyl (C=O) groups is 1. The van der Waals surface area contributed by atoms with Crippen molar-refractivity contribution in [3.8, 4) is 11.5 Å². The molecule has 0 aliphatic carbocycles. The van der Waals surface area contributed by atoms with Gasteiger partial charge in [0.25, 0.3) is 5.91 Å². The molecule has 25 heavy (non-hydrogen) atoms. The Morgan fingerprint density at radius 2 is 1.96 bits per heavy atom. The zero-order valence-corrected chi connectivity index (χ0v) is 15.2. The number of anilines is 1. The molecule has 3 rings (SSSR count). The van der Waals surface area contributed by atoms with Gasteiger partial charge in [0.1, 0.15) is 0 Å². The molecule has 1 aliphatic heterocycles. The fourth-order valence-corrected chi connectivity index (χ4v) is 2.99. The second-order valence-electron chi connectivity index (χ2n) is 5.73. The summed E-state index contributed by atoms with van der Waals surface area (Å²) < 4.78 is 10.5. The standard InChI is InChI=1S/C19H22N2O3.ClH/c1-23-17-9-8-13(11-18(17)24-2)12-21-19(22)15-5-3-7-16-14(15)6-4-10-20-16;/h3,5,7-9,11,20H,4,6,10,12H2,1-2H3,(H,21,22);1H. The van der Waals surface area contributed by atoms with Crippen LogP contribution >= 0.6 is 12.4 Å². The lowest BCUT2D eigenvalue weighted by atomic mass is 9.97. The van der Waals surface area contributed by atoms with Gasteiger partial charge in [-0.05, 0) is 48.2 Å². The van der Waals surface area contributed by atoms with E-state index in [1.54, 1.807) is 14.2 Å².